The quantitative estimate of drug-likeness (QED) is 0.667. The van der Waals surface area contributed by atoms with E-state index in [4.69, 9.17) is 10.5 Å². The van der Waals surface area contributed by atoms with Crippen LogP contribution in [0, 0.1) is 5.82 Å². The van der Waals surface area contributed by atoms with Crippen molar-refractivity contribution in [2.24, 2.45) is 5.73 Å². The summed E-state index contributed by atoms with van der Waals surface area (Å²) in [7, 11) is 1.43. The molecule has 2 amide bonds. The standard InChI is InChI=1S/C12H18FN3O2/c1-8(15-5-6-16-12(14)17)9-3-4-10(13)11(7-9)18-2/h3-4,7-8,15H,5-6H2,1-2H3,(H3,14,16,17). The van der Waals surface area contributed by atoms with Gasteiger partial charge in [-0.25, -0.2) is 9.18 Å². The van der Waals surface area contributed by atoms with Crippen molar-refractivity contribution in [1.29, 1.82) is 0 Å². The second-order valence-electron chi connectivity index (χ2n) is 3.86. The molecule has 0 spiro atoms. The molecule has 100 valence electrons. The number of nitrogens with two attached hydrogens (primary N) is 1. The summed E-state index contributed by atoms with van der Waals surface area (Å²) in [6, 6.07) is 4.18. The van der Waals surface area contributed by atoms with Crippen molar-refractivity contribution in [1.82, 2.24) is 10.6 Å². The average Bonchev–Trinajstić information content (AvgIpc) is 2.34. The highest BCUT2D eigenvalue weighted by Crippen LogP contribution is 2.22. The van der Waals surface area contributed by atoms with E-state index < -0.39 is 6.03 Å². The molecule has 1 atom stereocenters. The van der Waals surface area contributed by atoms with E-state index >= 15 is 0 Å². The van der Waals surface area contributed by atoms with Crippen LogP contribution in [0.3, 0.4) is 0 Å². The van der Waals surface area contributed by atoms with Crippen LogP contribution in [0.4, 0.5) is 9.18 Å². The van der Waals surface area contributed by atoms with Crippen molar-refractivity contribution in [3.05, 3.63) is 29.6 Å². The Kier molecular flexibility index (Phi) is 5.38. The third kappa shape index (κ3) is 4.21. The Labute approximate surface area is 106 Å². The molecule has 4 N–H and O–H groups in total. The van der Waals surface area contributed by atoms with Crippen LogP contribution >= 0.6 is 0 Å². The fourth-order valence-corrected chi connectivity index (χ4v) is 1.54. The number of hydrogen-bond donors (Lipinski definition) is 3. The Balaban J connectivity index is 2.50. The van der Waals surface area contributed by atoms with Crippen LogP contribution < -0.4 is 21.1 Å². The van der Waals surface area contributed by atoms with Gasteiger partial charge in [-0.3, -0.25) is 0 Å². The molecule has 1 rings (SSSR count). The molecule has 6 heteroatoms. The number of urea groups is 1. The number of carbonyl (C=O) groups is 1. The minimum atomic E-state index is -0.548. The van der Waals surface area contributed by atoms with Gasteiger partial charge in [-0.15, -0.1) is 0 Å². The highest BCUT2D eigenvalue weighted by Gasteiger charge is 2.08. The number of benzene rings is 1. The molecule has 0 aliphatic rings. The zero-order chi connectivity index (χ0) is 13.5. The molecule has 0 aromatic heterocycles. The molecule has 0 radical (unpaired) electrons. The predicted octanol–water partition coefficient (Wildman–Crippen LogP) is 1.15. The van der Waals surface area contributed by atoms with Crippen LogP contribution in [0.25, 0.3) is 0 Å². The van der Waals surface area contributed by atoms with Crippen LogP contribution in [0.2, 0.25) is 0 Å². The smallest absolute Gasteiger partial charge is 0.312 e. The lowest BCUT2D eigenvalue weighted by Gasteiger charge is -2.15. The summed E-state index contributed by atoms with van der Waals surface area (Å²) in [5.74, 6) is -0.166. The summed E-state index contributed by atoms with van der Waals surface area (Å²) in [5.41, 5.74) is 5.85. The highest BCUT2D eigenvalue weighted by atomic mass is 19.1. The second kappa shape index (κ2) is 6.80. The van der Waals surface area contributed by atoms with E-state index in [1.807, 2.05) is 6.92 Å². The molecule has 0 heterocycles. The van der Waals surface area contributed by atoms with Gasteiger partial charge in [0.1, 0.15) is 0 Å². The number of methoxy groups -OCH3 is 1. The maximum Gasteiger partial charge on any atom is 0.312 e. The maximum atomic E-state index is 13.2. The van der Waals surface area contributed by atoms with Crippen LogP contribution in [0.1, 0.15) is 18.5 Å². The van der Waals surface area contributed by atoms with E-state index in [1.54, 1.807) is 12.1 Å². The first-order valence-corrected chi connectivity index (χ1v) is 5.64. The number of rotatable bonds is 6. The first-order chi connectivity index (χ1) is 8.54. The first-order valence-electron chi connectivity index (χ1n) is 5.64. The molecule has 0 fully saturated rings. The molecular formula is C12H18FN3O2. The second-order valence-corrected chi connectivity index (χ2v) is 3.86. The van der Waals surface area contributed by atoms with Gasteiger partial charge in [0.15, 0.2) is 11.6 Å². The van der Waals surface area contributed by atoms with Crippen molar-refractivity contribution in [2.75, 3.05) is 20.2 Å². The molecule has 1 aromatic rings. The van der Waals surface area contributed by atoms with E-state index in [0.29, 0.717) is 13.1 Å². The van der Waals surface area contributed by atoms with Gasteiger partial charge >= 0.3 is 6.03 Å². The zero-order valence-corrected chi connectivity index (χ0v) is 10.5. The topological polar surface area (TPSA) is 76.4 Å². The number of halogens is 1. The van der Waals surface area contributed by atoms with Gasteiger partial charge in [-0.05, 0) is 24.6 Å². The Morgan fingerprint density at radius 1 is 1.50 bits per heavy atom. The Bertz CT molecular complexity index is 412. The lowest BCUT2D eigenvalue weighted by atomic mass is 10.1. The van der Waals surface area contributed by atoms with Crippen molar-refractivity contribution in [3.63, 3.8) is 0 Å². The molecular weight excluding hydrogens is 237 g/mol. The number of primary amides is 1. The summed E-state index contributed by atoms with van der Waals surface area (Å²) >= 11 is 0. The third-order valence-corrected chi connectivity index (χ3v) is 2.55. The van der Waals surface area contributed by atoms with Crippen molar-refractivity contribution >= 4 is 6.03 Å². The molecule has 1 unspecified atom stereocenters. The first kappa shape index (κ1) is 14.2. The van der Waals surface area contributed by atoms with Crippen molar-refractivity contribution in [3.8, 4) is 5.75 Å². The average molecular weight is 255 g/mol. The molecule has 0 bridgehead atoms. The van der Waals surface area contributed by atoms with Crippen LogP contribution in [-0.4, -0.2) is 26.2 Å². The van der Waals surface area contributed by atoms with E-state index in [0.717, 1.165) is 5.56 Å². The van der Waals surface area contributed by atoms with Gasteiger partial charge < -0.3 is 21.1 Å². The maximum absolute atomic E-state index is 13.2. The Hall–Kier alpha value is -1.82. The van der Waals surface area contributed by atoms with Gasteiger partial charge in [0.05, 0.1) is 7.11 Å². The number of amides is 2. The largest absolute Gasteiger partial charge is 0.494 e. The van der Waals surface area contributed by atoms with E-state index in [1.165, 1.54) is 13.2 Å². The Morgan fingerprint density at radius 3 is 2.83 bits per heavy atom. The number of carbonyl (C=O) groups excluding carboxylic acids is 1. The van der Waals surface area contributed by atoms with Gasteiger partial charge in [0.25, 0.3) is 0 Å². The van der Waals surface area contributed by atoms with Gasteiger partial charge in [0.2, 0.25) is 0 Å². The van der Waals surface area contributed by atoms with Crippen molar-refractivity contribution in [2.45, 2.75) is 13.0 Å². The lowest BCUT2D eigenvalue weighted by molar-refractivity contribution is 0.249. The monoisotopic (exact) mass is 255 g/mol. The van der Waals surface area contributed by atoms with E-state index in [9.17, 15) is 9.18 Å². The molecule has 0 saturated heterocycles. The molecule has 0 aliphatic heterocycles. The predicted molar refractivity (Wildman–Crippen MR) is 67.0 cm³/mol. The number of nitrogens with one attached hydrogen (secondary N) is 2. The molecule has 5 nitrogen and oxygen atoms in total. The molecule has 18 heavy (non-hydrogen) atoms. The fraction of sp³-hybridized carbons (Fsp3) is 0.417. The third-order valence-electron chi connectivity index (χ3n) is 2.55. The van der Waals surface area contributed by atoms with E-state index in [2.05, 4.69) is 10.6 Å². The van der Waals surface area contributed by atoms with Gasteiger partial charge in [-0.2, -0.15) is 0 Å². The zero-order valence-electron chi connectivity index (χ0n) is 10.5. The van der Waals surface area contributed by atoms with Gasteiger partial charge in [0, 0.05) is 19.1 Å². The Morgan fingerprint density at radius 2 is 2.22 bits per heavy atom. The van der Waals surface area contributed by atoms with Crippen LogP contribution in [-0.2, 0) is 0 Å². The number of ether oxygens (including phenoxy) is 1. The highest BCUT2D eigenvalue weighted by molar-refractivity contribution is 5.71. The minimum Gasteiger partial charge on any atom is -0.494 e. The fourth-order valence-electron chi connectivity index (χ4n) is 1.54. The summed E-state index contributed by atoms with van der Waals surface area (Å²) < 4.78 is 18.1. The summed E-state index contributed by atoms with van der Waals surface area (Å²) in [4.78, 5) is 10.5. The summed E-state index contributed by atoms with van der Waals surface area (Å²) in [6.07, 6.45) is 0. The summed E-state index contributed by atoms with van der Waals surface area (Å²) in [6.45, 7) is 2.96. The number of hydrogen-bond acceptors (Lipinski definition) is 3. The lowest BCUT2D eigenvalue weighted by Crippen LogP contribution is -2.36. The van der Waals surface area contributed by atoms with Crippen LogP contribution in [0.5, 0.6) is 5.75 Å². The van der Waals surface area contributed by atoms with Crippen molar-refractivity contribution < 1.29 is 13.9 Å². The molecule has 1 aromatic carbocycles. The minimum absolute atomic E-state index is 0.0224. The van der Waals surface area contributed by atoms with Crippen LogP contribution in [0.15, 0.2) is 18.2 Å². The molecule has 0 saturated carbocycles. The normalized spacial score (nSPS) is 11.9. The summed E-state index contributed by atoms with van der Waals surface area (Å²) in [5, 5.41) is 5.65. The van der Waals surface area contributed by atoms with Gasteiger partial charge in [-0.1, -0.05) is 6.07 Å². The molecule has 0 aliphatic carbocycles. The SMILES string of the molecule is COc1cc(C(C)NCCNC(N)=O)ccc1F. The van der Waals surface area contributed by atoms with E-state index in [-0.39, 0.29) is 17.6 Å².